The smallest absolute Gasteiger partial charge is 0.462 e. The van der Waals surface area contributed by atoms with Crippen molar-refractivity contribution in [1.82, 2.24) is 0 Å². The second-order valence-electron chi connectivity index (χ2n) is 23.9. The number of phosphoric ester groups is 2. The molecule has 0 heterocycles. The molecule has 3 unspecified atom stereocenters. The van der Waals surface area contributed by atoms with E-state index in [1.54, 1.807) is 0 Å². The Labute approximate surface area is 505 Å². The number of aliphatic hydroxyl groups is 1. The Morgan fingerprint density at radius 1 is 0.349 bits per heavy atom. The van der Waals surface area contributed by atoms with Crippen LogP contribution in [0.25, 0.3) is 0 Å². The highest BCUT2D eigenvalue weighted by molar-refractivity contribution is 7.47. The molecule has 0 radical (unpaired) electrons. The molecular formula is C64H124O17P2. The van der Waals surface area contributed by atoms with E-state index in [4.69, 9.17) is 37.0 Å². The van der Waals surface area contributed by atoms with Crippen LogP contribution in [0.4, 0.5) is 0 Å². The number of esters is 4. The Morgan fingerprint density at radius 3 is 0.916 bits per heavy atom. The Balaban J connectivity index is 5.21. The molecule has 19 heteroatoms. The van der Waals surface area contributed by atoms with E-state index in [0.29, 0.717) is 25.7 Å². The number of carbonyl (C=O) groups excluding carboxylic acids is 4. The largest absolute Gasteiger partial charge is 0.472 e. The molecule has 0 saturated heterocycles. The van der Waals surface area contributed by atoms with Crippen LogP contribution in [0, 0.1) is 11.8 Å². The molecule has 0 aliphatic carbocycles. The van der Waals surface area contributed by atoms with E-state index in [1.807, 2.05) is 0 Å². The van der Waals surface area contributed by atoms with Crippen molar-refractivity contribution in [1.29, 1.82) is 0 Å². The van der Waals surface area contributed by atoms with Gasteiger partial charge in [0.05, 0.1) is 26.4 Å². The van der Waals surface area contributed by atoms with Crippen LogP contribution >= 0.6 is 15.6 Å². The molecule has 0 aliphatic rings. The second-order valence-corrected chi connectivity index (χ2v) is 26.8. The van der Waals surface area contributed by atoms with E-state index in [1.165, 1.54) is 122 Å². The van der Waals surface area contributed by atoms with E-state index in [-0.39, 0.29) is 25.7 Å². The third-order valence-electron chi connectivity index (χ3n) is 15.1. The van der Waals surface area contributed by atoms with E-state index in [2.05, 4.69) is 41.5 Å². The molecule has 0 fully saturated rings. The van der Waals surface area contributed by atoms with Gasteiger partial charge in [-0.25, -0.2) is 9.13 Å². The van der Waals surface area contributed by atoms with Gasteiger partial charge in [-0.05, 0) is 37.5 Å². The zero-order valence-electron chi connectivity index (χ0n) is 53.5. The first kappa shape index (κ1) is 81.1. The molecule has 17 nitrogen and oxygen atoms in total. The number of rotatable bonds is 63. The minimum Gasteiger partial charge on any atom is -0.462 e. The molecule has 0 aliphatic heterocycles. The Kier molecular flexibility index (Phi) is 55.2. The van der Waals surface area contributed by atoms with Crippen molar-refractivity contribution in [3.05, 3.63) is 0 Å². The van der Waals surface area contributed by atoms with Gasteiger partial charge < -0.3 is 33.8 Å². The number of carbonyl (C=O) groups is 4. The van der Waals surface area contributed by atoms with Crippen molar-refractivity contribution in [2.45, 2.75) is 336 Å². The highest BCUT2D eigenvalue weighted by atomic mass is 31.2. The summed E-state index contributed by atoms with van der Waals surface area (Å²) >= 11 is 0. The summed E-state index contributed by atoms with van der Waals surface area (Å²) in [6, 6.07) is 0. The van der Waals surface area contributed by atoms with Crippen LogP contribution in [0.15, 0.2) is 0 Å². The summed E-state index contributed by atoms with van der Waals surface area (Å²) in [6.45, 7) is 9.41. The standard InChI is InChI=1S/C64H124O17P2/c1-7-10-12-14-16-17-20-24-28-35-41-47-62(67)75-53-59(80-63(68)48-42-36-29-25-22-19-18-21-23-27-32-38-44-56(4)5)54-78-82(70,71)76-50-58(65)51-77-83(72,73)79-55-60(52-74-61(66)46-40-34-26-15-13-11-8-2)81-64(69)49-43-37-31-30-33-39-45-57(6)9-3/h56-60,65H,7-55H2,1-6H3,(H,70,71)(H,72,73)/t57?,58-,59-,60-/m1/s1. The molecule has 0 saturated carbocycles. The average Bonchev–Trinajstić information content (AvgIpc) is 3.45. The number of phosphoric acid groups is 2. The summed E-state index contributed by atoms with van der Waals surface area (Å²) in [5, 5.41) is 10.5. The van der Waals surface area contributed by atoms with E-state index in [0.717, 1.165) is 115 Å². The lowest BCUT2D eigenvalue weighted by Gasteiger charge is -2.21. The first-order valence-corrected chi connectivity index (χ1v) is 36.5. The Morgan fingerprint density at radius 2 is 0.614 bits per heavy atom. The predicted octanol–water partition coefficient (Wildman–Crippen LogP) is 17.7. The van der Waals surface area contributed by atoms with Gasteiger partial charge in [-0.2, -0.15) is 0 Å². The van der Waals surface area contributed by atoms with E-state index >= 15 is 0 Å². The maximum Gasteiger partial charge on any atom is 0.472 e. The van der Waals surface area contributed by atoms with Crippen LogP contribution in [0.2, 0.25) is 0 Å². The lowest BCUT2D eigenvalue weighted by atomic mass is 10.00. The zero-order valence-corrected chi connectivity index (χ0v) is 55.3. The van der Waals surface area contributed by atoms with Gasteiger partial charge in [0.15, 0.2) is 12.2 Å². The molecular weight excluding hydrogens is 1100 g/mol. The lowest BCUT2D eigenvalue weighted by Crippen LogP contribution is -2.30. The number of hydrogen-bond donors (Lipinski definition) is 3. The van der Waals surface area contributed by atoms with Crippen molar-refractivity contribution in [2.24, 2.45) is 11.8 Å². The molecule has 0 aromatic rings. The van der Waals surface area contributed by atoms with Gasteiger partial charge >= 0.3 is 39.5 Å². The summed E-state index contributed by atoms with van der Waals surface area (Å²) in [6.07, 6.45) is 39.0. The van der Waals surface area contributed by atoms with Gasteiger partial charge in [-0.3, -0.25) is 37.3 Å². The lowest BCUT2D eigenvalue weighted by molar-refractivity contribution is -0.161. The van der Waals surface area contributed by atoms with E-state index < -0.39 is 97.5 Å². The van der Waals surface area contributed by atoms with Crippen molar-refractivity contribution in [3.8, 4) is 0 Å². The third-order valence-corrected chi connectivity index (χ3v) is 17.0. The monoisotopic (exact) mass is 1230 g/mol. The number of unbranched alkanes of at least 4 members (excludes halogenated alkanes) is 32. The third kappa shape index (κ3) is 57.6. The molecule has 0 bridgehead atoms. The van der Waals surface area contributed by atoms with Crippen molar-refractivity contribution in [2.75, 3.05) is 39.6 Å². The summed E-state index contributed by atoms with van der Waals surface area (Å²) < 4.78 is 67.9. The maximum absolute atomic E-state index is 13.0. The summed E-state index contributed by atoms with van der Waals surface area (Å²) in [4.78, 5) is 72.1. The number of aliphatic hydroxyl groups excluding tert-OH is 1. The van der Waals surface area contributed by atoms with Gasteiger partial charge in [0, 0.05) is 25.7 Å². The molecule has 492 valence electrons. The average molecular weight is 1230 g/mol. The molecule has 0 aromatic carbocycles. The molecule has 83 heavy (non-hydrogen) atoms. The Hall–Kier alpha value is -1.94. The maximum atomic E-state index is 13.0. The van der Waals surface area contributed by atoms with Crippen molar-refractivity contribution in [3.63, 3.8) is 0 Å². The van der Waals surface area contributed by atoms with Crippen LogP contribution < -0.4 is 0 Å². The molecule has 0 spiro atoms. The number of ether oxygens (including phenoxy) is 4. The fraction of sp³-hybridized carbons (Fsp3) is 0.938. The van der Waals surface area contributed by atoms with Crippen LogP contribution in [0.5, 0.6) is 0 Å². The molecule has 0 aromatic heterocycles. The van der Waals surface area contributed by atoms with Crippen molar-refractivity contribution >= 4 is 39.5 Å². The summed E-state index contributed by atoms with van der Waals surface area (Å²) in [5.41, 5.74) is 0. The van der Waals surface area contributed by atoms with Crippen LogP contribution in [0.1, 0.15) is 318 Å². The normalized spacial score (nSPS) is 14.6. The number of hydrogen-bond acceptors (Lipinski definition) is 15. The minimum atomic E-state index is -4.94. The highest BCUT2D eigenvalue weighted by Gasteiger charge is 2.30. The van der Waals surface area contributed by atoms with Crippen molar-refractivity contribution < 1.29 is 80.2 Å². The molecule has 3 N–H and O–H groups in total. The second kappa shape index (κ2) is 56.6. The van der Waals surface area contributed by atoms with Gasteiger partial charge in [-0.15, -0.1) is 0 Å². The van der Waals surface area contributed by atoms with Gasteiger partial charge in [0.25, 0.3) is 0 Å². The van der Waals surface area contributed by atoms with E-state index in [9.17, 15) is 43.2 Å². The Bertz CT molecular complexity index is 1630. The summed E-state index contributed by atoms with van der Waals surface area (Å²) in [7, 11) is -9.88. The highest BCUT2D eigenvalue weighted by Crippen LogP contribution is 2.45. The quantitative estimate of drug-likeness (QED) is 0.0222. The zero-order chi connectivity index (χ0) is 61.5. The SMILES string of the molecule is CCCCCCCCCCCCCC(=O)OC[C@H](COP(=O)(O)OC[C@@H](O)COP(=O)(O)OC[C@@H](COC(=O)CCCCCCCCC)OC(=O)CCCCCCCCC(C)CC)OC(=O)CCCCCCCCCCCCCCC(C)C. The topological polar surface area (TPSA) is 237 Å². The first-order chi connectivity index (χ1) is 39.9. The summed E-state index contributed by atoms with van der Waals surface area (Å²) in [5.74, 6) is -0.642. The van der Waals surface area contributed by atoms with Crippen LogP contribution in [-0.2, 0) is 65.4 Å². The van der Waals surface area contributed by atoms with Gasteiger partial charge in [-0.1, -0.05) is 266 Å². The van der Waals surface area contributed by atoms with Gasteiger partial charge in [0.2, 0.25) is 0 Å². The molecule has 0 amide bonds. The first-order valence-electron chi connectivity index (χ1n) is 33.5. The fourth-order valence-corrected chi connectivity index (χ4v) is 11.1. The van der Waals surface area contributed by atoms with Crippen LogP contribution in [0.3, 0.4) is 0 Å². The molecule has 6 atom stereocenters. The minimum absolute atomic E-state index is 0.102. The van der Waals surface area contributed by atoms with Crippen LogP contribution in [-0.4, -0.2) is 96.7 Å². The predicted molar refractivity (Wildman–Crippen MR) is 331 cm³/mol. The fourth-order valence-electron chi connectivity index (χ4n) is 9.50. The van der Waals surface area contributed by atoms with Gasteiger partial charge in [0.1, 0.15) is 19.3 Å². The molecule has 0 rings (SSSR count).